The largest absolute Gasteiger partial charge is 0.497 e. The van der Waals surface area contributed by atoms with E-state index in [-0.39, 0.29) is 0 Å². The Morgan fingerprint density at radius 2 is 1.70 bits per heavy atom. The van der Waals surface area contributed by atoms with Crippen molar-refractivity contribution in [2.75, 3.05) is 19.5 Å². The van der Waals surface area contributed by atoms with Gasteiger partial charge in [-0.2, -0.15) is 0 Å². The van der Waals surface area contributed by atoms with E-state index in [4.69, 9.17) is 21.1 Å². The molecule has 0 aliphatic rings. The summed E-state index contributed by atoms with van der Waals surface area (Å²) < 4.78 is 11.4. The minimum absolute atomic E-state index is 0.627. The highest BCUT2D eigenvalue weighted by Gasteiger charge is 2.04. The Kier molecular flexibility index (Phi) is 5.15. The van der Waals surface area contributed by atoms with E-state index in [1.54, 1.807) is 14.2 Å². The molecule has 2 aromatic rings. The van der Waals surface area contributed by atoms with Crippen LogP contribution >= 0.6 is 27.5 Å². The van der Waals surface area contributed by atoms with Crippen molar-refractivity contribution in [1.82, 2.24) is 0 Å². The number of methoxy groups -OCH3 is 2. The Morgan fingerprint density at radius 3 is 2.25 bits per heavy atom. The fourth-order valence-corrected chi connectivity index (χ4v) is 2.51. The van der Waals surface area contributed by atoms with E-state index in [0.717, 1.165) is 32.2 Å². The highest BCUT2D eigenvalue weighted by Crippen LogP contribution is 2.27. The molecule has 106 valence electrons. The third-order valence-corrected chi connectivity index (χ3v) is 3.69. The maximum Gasteiger partial charge on any atom is 0.124 e. The van der Waals surface area contributed by atoms with Gasteiger partial charge in [-0.15, -0.1) is 0 Å². The molecule has 0 spiro atoms. The molecular weight excluding hydrogens is 342 g/mol. The van der Waals surface area contributed by atoms with Crippen LogP contribution in [0.1, 0.15) is 5.56 Å². The van der Waals surface area contributed by atoms with Gasteiger partial charge in [0.1, 0.15) is 11.5 Å². The zero-order valence-electron chi connectivity index (χ0n) is 11.2. The molecule has 20 heavy (non-hydrogen) atoms. The molecule has 0 aliphatic heterocycles. The molecule has 0 aromatic heterocycles. The van der Waals surface area contributed by atoms with Gasteiger partial charge in [-0.25, -0.2) is 0 Å². The zero-order chi connectivity index (χ0) is 14.5. The summed E-state index contributed by atoms with van der Waals surface area (Å²) in [6.07, 6.45) is 0. The highest BCUT2D eigenvalue weighted by molar-refractivity contribution is 9.10. The lowest BCUT2D eigenvalue weighted by Crippen LogP contribution is -2.01. The molecule has 3 nitrogen and oxygen atoms in total. The Morgan fingerprint density at radius 1 is 1.05 bits per heavy atom. The standard InChI is InChI=1S/C15H15BrClNO2/c1-19-13-6-12(7-14(8-13)20-2)18-9-10-3-4-11(16)5-15(10)17/h3-8,18H,9H2,1-2H3. The summed E-state index contributed by atoms with van der Waals surface area (Å²) in [5.41, 5.74) is 1.94. The van der Waals surface area contributed by atoms with Gasteiger partial charge in [0.25, 0.3) is 0 Å². The Labute approximate surface area is 132 Å². The van der Waals surface area contributed by atoms with Crippen LogP contribution in [0.5, 0.6) is 11.5 Å². The van der Waals surface area contributed by atoms with Crippen molar-refractivity contribution >= 4 is 33.2 Å². The first kappa shape index (κ1) is 15.0. The summed E-state index contributed by atoms with van der Waals surface area (Å²) in [4.78, 5) is 0. The first-order valence-electron chi connectivity index (χ1n) is 6.03. The summed E-state index contributed by atoms with van der Waals surface area (Å²) in [5, 5.41) is 4.03. The van der Waals surface area contributed by atoms with Crippen LogP contribution in [0, 0.1) is 0 Å². The number of hydrogen-bond donors (Lipinski definition) is 1. The molecule has 0 aliphatic carbocycles. The quantitative estimate of drug-likeness (QED) is 0.840. The summed E-state index contributed by atoms with van der Waals surface area (Å²) in [6.45, 7) is 0.627. The number of benzene rings is 2. The molecule has 0 saturated carbocycles. The van der Waals surface area contributed by atoms with E-state index in [1.807, 2.05) is 36.4 Å². The van der Waals surface area contributed by atoms with Gasteiger partial charge in [-0.3, -0.25) is 0 Å². The SMILES string of the molecule is COc1cc(NCc2ccc(Br)cc2Cl)cc(OC)c1. The Bertz CT molecular complexity index is 582. The number of halogens is 2. The van der Waals surface area contributed by atoms with Crippen LogP contribution < -0.4 is 14.8 Å². The minimum Gasteiger partial charge on any atom is -0.497 e. The maximum atomic E-state index is 6.19. The lowest BCUT2D eigenvalue weighted by Gasteiger charge is -2.11. The third kappa shape index (κ3) is 3.81. The second kappa shape index (κ2) is 6.86. The Balaban J connectivity index is 2.13. The van der Waals surface area contributed by atoms with Crippen molar-refractivity contribution in [2.45, 2.75) is 6.54 Å². The molecule has 5 heteroatoms. The molecule has 0 amide bonds. The number of ether oxygens (including phenoxy) is 2. The number of hydrogen-bond acceptors (Lipinski definition) is 3. The predicted molar refractivity (Wildman–Crippen MR) is 86.0 cm³/mol. The average molecular weight is 357 g/mol. The fourth-order valence-electron chi connectivity index (χ4n) is 1.77. The highest BCUT2D eigenvalue weighted by atomic mass is 79.9. The lowest BCUT2D eigenvalue weighted by molar-refractivity contribution is 0.394. The van der Waals surface area contributed by atoms with Crippen LogP contribution in [0.3, 0.4) is 0 Å². The zero-order valence-corrected chi connectivity index (χ0v) is 13.6. The van der Waals surface area contributed by atoms with Crippen molar-refractivity contribution in [3.8, 4) is 11.5 Å². The van der Waals surface area contributed by atoms with Crippen molar-refractivity contribution in [3.05, 3.63) is 51.5 Å². The normalized spacial score (nSPS) is 10.2. The second-order valence-corrected chi connectivity index (χ2v) is 5.51. The van der Waals surface area contributed by atoms with Crippen LogP contribution in [-0.2, 0) is 6.54 Å². The lowest BCUT2D eigenvalue weighted by atomic mass is 10.2. The van der Waals surface area contributed by atoms with Crippen molar-refractivity contribution < 1.29 is 9.47 Å². The molecule has 0 radical (unpaired) electrons. The van der Waals surface area contributed by atoms with Crippen LogP contribution in [-0.4, -0.2) is 14.2 Å². The number of nitrogens with one attached hydrogen (secondary N) is 1. The smallest absolute Gasteiger partial charge is 0.124 e. The molecule has 0 heterocycles. The van der Waals surface area contributed by atoms with Crippen LogP contribution in [0.2, 0.25) is 5.02 Å². The monoisotopic (exact) mass is 355 g/mol. The summed E-state index contributed by atoms with van der Waals surface area (Å²) in [7, 11) is 3.26. The van der Waals surface area contributed by atoms with Crippen molar-refractivity contribution in [1.29, 1.82) is 0 Å². The predicted octanol–water partition coefficient (Wildman–Crippen LogP) is 4.73. The van der Waals surface area contributed by atoms with E-state index < -0.39 is 0 Å². The van der Waals surface area contributed by atoms with Gasteiger partial charge in [0, 0.05) is 39.9 Å². The Hall–Kier alpha value is -1.39. The van der Waals surface area contributed by atoms with E-state index in [1.165, 1.54) is 0 Å². The first-order valence-corrected chi connectivity index (χ1v) is 7.20. The van der Waals surface area contributed by atoms with Crippen molar-refractivity contribution in [3.63, 3.8) is 0 Å². The molecular formula is C15H15BrClNO2. The molecule has 1 N–H and O–H groups in total. The molecule has 0 fully saturated rings. The van der Waals surface area contributed by atoms with Gasteiger partial charge in [0.2, 0.25) is 0 Å². The van der Waals surface area contributed by atoms with Crippen LogP contribution in [0.4, 0.5) is 5.69 Å². The second-order valence-electron chi connectivity index (χ2n) is 4.19. The van der Waals surface area contributed by atoms with Gasteiger partial charge in [-0.1, -0.05) is 33.6 Å². The third-order valence-electron chi connectivity index (χ3n) is 2.85. The van der Waals surface area contributed by atoms with Crippen LogP contribution in [0.15, 0.2) is 40.9 Å². The van der Waals surface area contributed by atoms with Gasteiger partial charge in [0.15, 0.2) is 0 Å². The van der Waals surface area contributed by atoms with Crippen LogP contribution in [0.25, 0.3) is 0 Å². The molecule has 2 rings (SSSR count). The van der Waals surface area contributed by atoms with E-state index in [9.17, 15) is 0 Å². The molecule has 2 aromatic carbocycles. The van der Waals surface area contributed by atoms with Crippen molar-refractivity contribution in [2.24, 2.45) is 0 Å². The number of anilines is 1. The summed E-state index contributed by atoms with van der Waals surface area (Å²) in [6, 6.07) is 11.5. The molecule has 0 unspecified atom stereocenters. The van der Waals surface area contributed by atoms with Gasteiger partial charge >= 0.3 is 0 Å². The number of rotatable bonds is 5. The fraction of sp³-hybridized carbons (Fsp3) is 0.200. The summed E-state index contributed by atoms with van der Waals surface area (Å²) in [5.74, 6) is 1.49. The minimum atomic E-state index is 0.627. The van der Waals surface area contributed by atoms with E-state index >= 15 is 0 Å². The van der Waals surface area contributed by atoms with Gasteiger partial charge < -0.3 is 14.8 Å². The van der Waals surface area contributed by atoms with Gasteiger partial charge in [-0.05, 0) is 17.7 Å². The topological polar surface area (TPSA) is 30.5 Å². The van der Waals surface area contributed by atoms with E-state index in [0.29, 0.717) is 6.54 Å². The molecule has 0 saturated heterocycles. The van der Waals surface area contributed by atoms with E-state index in [2.05, 4.69) is 21.2 Å². The van der Waals surface area contributed by atoms with Gasteiger partial charge in [0.05, 0.1) is 14.2 Å². The molecule has 0 atom stereocenters. The maximum absolute atomic E-state index is 6.19. The summed E-state index contributed by atoms with van der Waals surface area (Å²) >= 11 is 9.59. The average Bonchev–Trinajstić information content (AvgIpc) is 2.46. The first-order chi connectivity index (χ1) is 9.62. The molecule has 0 bridgehead atoms.